The highest BCUT2D eigenvalue weighted by Gasteiger charge is 2.18. The Balaban J connectivity index is -0.000000209. The van der Waals surface area contributed by atoms with Gasteiger partial charge in [0.2, 0.25) is 0 Å². The molecule has 0 aromatic carbocycles. The Hall–Kier alpha value is 0.370. The fourth-order valence-electron chi connectivity index (χ4n) is 0.224. The Morgan fingerprint density at radius 2 is 0.842 bits per heavy atom. The lowest BCUT2D eigenvalue weighted by Gasteiger charge is -2.08. The zero-order valence-corrected chi connectivity index (χ0v) is 13.7. The molecule has 0 aliphatic heterocycles. The molecule has 0 aromatic heterocycles. The van der Waals surface area contributed by atoms with Crippen molar-refractivity contribution < 1.29 is 51.4 Å². The maximum Gasteiger partial charge on any atom is 0.473 e. The molecule has 0 fully saturated rings. The summed E-state index contributed by atoms with van der Waals surface area (Å²) in [6.45, 7) is 0.854. The van der Waals surface area contributed by atoms with Crippen LogP contribution in [0.25, 0.3) is 0 Å². The summed E-state index contributed by atoms with van der Waals surface area (Å²) in [7, 11) is -6.23. The minimum atomic E-state index is -4.15. The SMILES string of the molecule is COP(=O)(O)O.COP(=O)(OC)OC.CP(=O)(O)O. The molecule has 0 saturated carbocycles. The van der Waals surface area contributed by atoms with Crippen molar-refractivity contribution in [3.05, 3.63) is 0 Å². The van der Waals surface area contributed by atoms with E-state index >= 15 is 0 Å². The number of phosphoric ester groups is 2. The van der Waals surface area contributed by atoms with E-state index in [2.05, 4.69) is 18.1 Å². The summed E-state index contributed by atoms with van der Waals surface area (Å²) < 4.78 is 46.1. The molecule has 0 spiro atoms. The van der Waals surface area contributed by atoms with E-state index < -0.39 is 23.2 Å². The molecule has 120 valence electrons. The van der Waals surface area contributed by atoms with Crippen LogP contribution in [0, 0.1) is 0 Å². The highest BCUT2D eigenvalue weighted by molar-refractivity contribution is 7.50. The lowest BCUT2D eigenvalue weighted by atomic mass is 11.8. The van der Waals surface area contributed by atoms with Gasteiger partial charge in [0.15, 0.2) is 0 Å². The van der Waals surface area contributed by atoms with Crippen molar-refractivity contribution in [1.82, 2.24) is 0 Å². The molecule has 0 saturated heterocycles. The van der Waals surface area contributed by atoms with Gasteiger partial charge in [0, 0.05) is 35.1 Å². The predicted octanol–water partition coefficient (Wildman–Crippen LogP) is 0.553. The van der Waals surface area contributed by atoms with E-state index in [4.69, 9.17) is 19.6 Å². The topological polar surface area (TPSA) is 169 Å². The van der Waals surface area contributed by atoms with Gasteiger partial charge in [-0.2, -0.15) is 0 Å². The van der Waals surface area contributed by atoms with Crippen molar-refractivity contribution in [3.8, 4) is 0 Å². The quantitative estimate of drug-likeness (QED) is 0.523. The van der Waals surface area contributed by atoms with Crippen molar-refractivity contribution in [3.63, 3.8) is 0 Å². The first-order valence-corrected chi connectivity index (χ1v) is 9.21. The fourth-order valence-corrected chi connectivity index (χ4v) is 0.671. The maximum atomic E-state index is 10.7. The van der Waals surface area contributed by atoms with Gasteiger partial charge in [-0.3, -0.25) is 22.7 Å². The lowest BCUT2D eigenvalue weighted by molar-refractivity contribution is 0.178. The monoisotopic (exact) mass is 348 g/mol. The largest absolute Gasteiger partial charge is 0.473 e. The molecule has 0 aromatic rings. The average Bonchev–Trinajstić information content (AvgIpc) is 2.26. The van der Waals surface area contributed by atoms with Crippen LogP contribution >= 0.6 is 23.2 Å². The third kappa shape index (κ3) is 32.2. The molecule has 11 nitrogen and oxygen atoms in total. The van der Waals surface area contributed by atoms with Crippen LogP contribution in [0.3, 0.4) is 0 Å². The van der Waals surface area contributed by atoms with Crippen LogP contribution in [-0.4, -0.2) is 54.7 Å². The standard InChI is InChI=1S/C3H9O4P.CH5O4P.CH5O3P/c1-5-8(4,6-2)7-3;1-5-6(2,3)4;1-5(2,3)4/h1-3H3;1H3,(H2,2,3,4);1H3,(H2,2,3,4). The second-order valence-corrected chi connectivity index (χ2v) is 7.51. The van der Waals surface area contributed by atoms with Gasteiger partial charge < -0.3 is 19.6 Å². The molecule has 0 unspecified atom stereocenters. The van der Waals surface area contributed by atoms with E-state index in [-0.39, 0.29) is 0 Å². The number of phosphoric acid groups is 2. The Kier molecular flexibility index (Phi) is 14.2. The Labute approximate surface area is 110 Å². The summed E-state index contributed by atoms with van der Waals surface area (Å²) in [5.74, 6) is 0. The van der Waals surface area contributed by atoms with Crippen LogP contribution < -0.4 is 0 Å². The average molecular weight is 348 g/mol. The smallest absolute Gasteiger partial charge is 0.325 e. The summed E-state index contributed by atoms with van der Waals surface area (Å²) in [5, 5.41) is 0. The Morgan fingerprint density at radius 3 is 0.842 bits per heavy atom. The molecule has 19 heavy (non-hydrogen) atoms. The number of hydrogen-bond acceptors (Lipinski definition) is 7. The summed E-state index contributed by atoms with van der Waals surface area (Å²) >= 11 is 0. The molecule has 4 N–H and O–H groups in total. The van der Waals surface area contributed by atoms with Crippen LogP contribution in [0.1, 0.15) is 0 Å². The van der Waals surface area contributed by atoms with Crippen molar-refractivity contribution >= 4 is 23.2 Å². The van der Waals surface area contributed by atoms with Crippen molar-refractivity contribution in [2.75, 3.05) is 35.1 Å². The molecule has 0 atom stereocenters. The van der Waals surface area contributed by atoms with Gasteiger partial charge in [-0.1, -0.05) is 0 Å². The van der Waals surface area contributed by atoms with Crippen LogP contribution in [0.4, 0.5) is 0 Å². The van der Waals surface area contributed by atoms with Crippen LogP contribution in [0.2, 0.25) is 0 Å². The first-order chi connectivity index (χ1) is 8.24. The highest BCUT2D eigenvalue weighted by atomic mass is 31.2. The molecule has 0 heterocycles. The van der Waals surface area contributed by atoms with E-state index in [9.17, 15) is 13.7 Å². The van der Waals surface area contributed by atoms with Gasteiger partial charge in [0.1, 0.15) is 0 Å². The first-order valence-electron chi connectivity index (χ1n) is 4.16. The molecular weight excluding hydrogens is 329 g/mol. The van der Waals surface area contributed by atoms with Crippen LogP contribution in [-0.2, 0) is 31.8 Å². The normalized spacial score (nSPS) is 11.8. The van der Waals surface area contributed by atoms with Gasteiger partial charge >= 0.3 is 23.2 Å². The zero-order valence-electron chi connectivity index (χ0n) is 11.0. The molecule has 14 heteroatoms. The third-order valence-electron chi connectivity index (χ3n) is 0.909. The molecule has 0 rings (SSSR count). The Morgan fingerprint density at radius 1 is 0.684 bits per heavy atom. The van der Waals surface area contributed by atoms with Crippen molar-refractivity contribution in [1.29, 1.82) is 0 Å². The van der Waals surface area contributed by atoms with E-state index in [1.807, 2.05) is 0 Å². The Bertz CT molecular complexity index is 315. The summed E-state index contributed by atoms with van der Waals surface area (Å²) in [6.07, 6.45) is 0. The zero-order chi connectivity index (χ0) is 16.3. The van der Waals surface area contributed by atoms with Gasteiger partial charge in [-0.05, 0) is 0 Å². The minimum Gasteiger partial charge on any atom is -0.325 e. The van der Waals surface area contributed by atoms with E-state index in [0.29, 0.717) is 0 Å². The van der Waals surface area contributed by atoms with Crippen LogP contribution in [0.15, 0.2) is 0 Å². The van der Waals surface area contributed by atoms with Gasteiger partial charge in [-0.25, -0.2) is 9.13 Å². The lowest BCUT2D eigenvalue weighted by Crippen LogP contribution is -1.88. The molecule has 0 aliphatic rings. The minimum absolute atomic E-state index is 0.854. The van der Waals surface area contributed by atoms with Gasteiger partial charge in [0.05, 0.1) is 0 Å². The van der Waals surface area contributed by atoms with E-state index in [1.165, 1.54) is 21.3 Å². The van der Waals surface area contributed by atoms with Crippen molar-refractivity contribution in [2.45, 2.75) is 0 Å². The summed E-state index contributed by atoms with van der Waals surface area (Å²) in [4.78, 5) is 30.7. The fraction of sp³-hybridized carbons (Fsp3) is 1.00. The first kappa shape index (κ1) is 24.4. The maximum absolute atomic E-state index is 10.7. The molecular formula is C5H19O11P3. The van der Waals surface area contributed by atoms with Gasteiger partial charge in [0.25, 0.3) is 0 Å². The molecule has 0 amide bonds. The second kappa shape index (κ2) is 11.1. The second-order valence-electron chi connectivity index (χ2n) is 2.50. The number of hydrogen-bond donors (Lipinski definition) is 4. The van der Waals surface area contributed by atoms with Crippen molar-refractivity contribution in [2.24, 2.45) is 0 Å². The van der Waals surface area contributed by atoms with Gasteiger partial charge in [-0.15, -0.1) is 0 Å². The molecule has 0 aliphatic carbocycles. The third-order valence-corrected chi connectivity index (χ3v) is 2.73. The molecule has 0 radical (unpaired) electrons. The van der Waals surface area contributed by atoms with Crippen LogP contribution in [0.5, 0.6) is 0 Å². The number of rotatable bonds is 4. The van der Waals surface area contributed by atoms with E-state index in [0.717, 1.165) is 13.8 Å². The summed E-state index contributed by atoms with van der Waals surface area (Å²) in [6, 6.07) is 0. The summed E-state index contributed by atoms with van der Waals surface area (Å²) in [5.41, 5.74) is 0. The predicted molar refractivity (Wildman–Crippen MR) is 65.7 cm³/mol. The highest BCUT2D eigenvalue weighted by Crippen LogP contribution is 2.46. The molecule has 0 bridgehead atoms. The van der Waals surface area contributed by atoms with E-state index in [1.54, 1.807) is 0 Å².